The Hall–Kier alpha value is -2.84. The quantitative estimate of drug-likeness (QED) is 0.820. The first-order valence-electron chi connectivity index (χ1n) is 9.13. The number of hydrogen-bond donors (Lipinski definition) is 2. The van der Waals surface area contributed by atoms with Crippen molar-refractivity contribution in [3.63, 3.8) is 0 Å². The predicted octanol–water partition coefficient (Wildman–Crippen LogP) is 4.12. The zero-order chi connectivity index (χ0) is 20.1. The van der Waals surface area contributed by atoms with E-state index in [4.69, 9.17) is 0 Å². The summed E-state index contributed by atoms with van der Waals surface area (Å²) in [5, 5.41) is 5.04. The minimum atomic E-state index is -4.46. The summed E-state index contributed by atoms with van der Waals surface area (Å²) in [5.41, 5.74) is 0.695. The van der Waals surface area contributed by atoms with Gasteiger partial charge in [0.2, 0.25) is 5.95 Å². The van der Waals surface area contributed by atoms with Crippen molar-refractivity contribution in [1.29, 1.82) is 0 Å². The van der Waals surface area contributed by atoms with E-state index in [0.29, 0.717) is 11.6 Å². The lowest BCUT2D eigenvalue weighted by Crippen LogP contribution is -2.32. The van der Waals surface area contributed by atoms with Crippen LogP contribution in [-0.2, 0) is 12.7 Å². The van der Waals surface area contributed by atoms with E-state index in [2.05, 4.69) is 25.5 Å². The SMILES string of the molecule is Cc1cc(CNC(=O)Nc2cccc(C(F)(F)F)c2)nc(N2CCCCC2)n1. The topological polar surface area (TPSA) is 70.2 Å². The van der Waals surface area contributed by atoms with Crippen molar-refractivity contribution < 1.29 is 18.0 Å². The van der Waals surface area contributed by atoms with Gasteiger partial charge in [0, 0.05) is 24.5 Å². The Morgan fingerprint density at radius 3 is 2.61 bits per heavy atom. The molecule has 1 fully saturated rings. The Labute approximate surface area is 161 Å². The molecule has 3 rings (SSSR count). The van der Waals surface area contributed by atoms with Gasteiger partial charge in [-0.1, -0.05) is 6.07 Å². The highest BCUT2D eigenvalue weighted by Crippen LogP contribution is 2.30. The van der Waals surface area contributed by atoms with Crippen molar-refractivity contribution in [2.75, 3.05) is 23.3 Å². The summed E-state index contributed by atoms with van der Waals surface area (Å²) < 4.78 is 38.3. The summed E-state index contributed by atoms with van der Waals surface area (Å²) in [6.07, 6.45) is -1.06. The van der Waals surface area contributed by atoms with Crippen molar-refractivity contribution in [1.82, 2.24) is 15.3 Å². The van der Waals surface area contributed by atoms with E-state index >= 15 is 0 Å². The third-order valence-electron chi connectivity index (χ3n) is 4.41. The molecule has 1 aliphatic heterocycles. The summed E-state index contributed by atoms with van der Waals surface area (Å²) >= 11 is 0. The fraction of sp³-hybridized carbons (Fsp3) is 0.421. The highest BCUT2D eigenvalue weighted by atomic mass is 19.4. The minimum Gasteiger partial charge on any atom is -0.341 e. The van der Waals surface area contributed by atoms with Gasteiger partial charge in [0.1, 0.15) is 0 Å². The molecule has 1 saturated heterocycles. The maximum atomic E-state index is 12.8. The molecule has 1 aromatic carbocycles. The Bertz CT molecular complexity index is 835. The zero-order valence-corrected chi connectivity index (χ0v) is 15.5. The molecule has 2 amide bonds. The monoisotopic (exact) mass is 393 g/mol. The van der Waals surface area contributed by atoms with Gasteiger partial charge in [-0.3, -0.25) is 0 Å². The number of hydrogen-bond acceptors (Lipinski definition) is 4. The van der Waals surface area contributed by atoms with E-state index in [1.165, 1.54) is 18.6 Å². The Balaban J connectivity index is 1.61. The van der Waals surface area contributed by atoms with Crippen LogP contribution in [-0.4, -0.2) is 29.1 Å². The fourth-order valence-electron chi connectivity index (χ4n) is 3.06. The summed E-state index contributed by atoms with van der Waals surface area (Å²) in [5.74, 6) is 0.648. The second-order valence-corrected chi connectivity index (χ2v) is 6.73. The summed E-state index contributed by atoms with van der Waals surface area (Å²) in [6.45, 7) is 3.83. The molecule has 28 heavy (non-hydrogen) atoms. The number of carbonyl (C=O) groups is 1. The lowest BCUT2D eigenvalue weighted by molar-refractivity contribution is -0.137. The van der Waals surface area contributed by atoms with Crippen molar-refractivity contribution in [3.8, 4) is 0 Å². The molecule has 0 atom stereocenters. The van der Waals surface area contributed by atoms with Gasteiger partial charge in [0.05, 0.1) is 17.8 Å². The smallest absolute Gasteiger partial charge is 0.341 e. The zero-order valence-electron chi connectivity index (χ0n) is 15.5. The number of benzene rings is 1. The molecule has 150 valence electrons. The van der Waals surface area contributed by atoms with Gasteiger partial charge >= 0.3 is 12.2 Å². The standard InChI is InChI=1S/C19H22F3N5O/c1-13-10-16(25-17(24-13)27-8-3-2-4-9-27)12-23-18(28)26-15-7-5-6-14(11-15)19(20,21)22/h5-7,10-11H,2-4,8-9,12H2,1H3,(H2,23,26,28). The number of halogens is 3. The number of rotatable bonds is 4. The third-order valence-corrected chi connectivity index (χ3v) is 4.41. The van der Waals surface area contributed by atoms with E-state index in [-0.39, 0.29) is 12.2 Å². The van der Waals surface area contributed by atoms with Crippen LogP contribution in [0, 0.1) is 6.92 Å². The number of amides is 2. The van der Waals surface area contributed by atoms with Crippen molar-refractivity contribution in [2.24, 2.45) is 0 Å². The van der Waals surface area contributed by atoms with Gasteiger partial charge in [-0.25, -0.2) is 14.8 Å². The molecule has 2 N–H and O–H groups in total. The van der Waals surface area contributed by atoms with Crippen molar-refractivity contribution >= 4 is 17.7 Å². The van der Waals surface area contributed by atoms with Crippen LogP contribution in [0.2, 0.25) is 0 Å². The highest BCUT2D eigenvalue weighted by molar-refractivity contribution is 5.89. The molecule has 1 aromatic heterocycles. The maximum Gasteiger partial charge on any atom is 0.416 e. The predicted molar refractivity (Wildman–Crippen MR) is 100 cm³/mol. The van der Waals surface area contributed by atoms with Crippen molar-refractivity contribution in [2.45, 2.75) is 38.9 Å². The van der Waals surface area contributed by atoms with Crippen LogP contribution in [0.25, 0.3) is 0 Å². The Morgan fingerprint density at radius 2 is 1.89 bits per heavy atom. The second-order valence-electron chi connectivity index (χ2n) is 6.73. The first-order valence-corrected chi connectivity index (χ1v) is 9.13. The van der Waals surface area contributed by atoms with E-state index in [1.807, 2.05) is 6.92 Å². The second kappa shape index (κ2) is 8.45. The Morgan fingerprint density at radius 1 is 1.14 bits per heavy atom. The van der Waals surface area contributed by atoms with Gasteiger partial charge in [-0.2, -0.15) is 13.2 Å². The number of urea groups is 1. The highest BCUT2D eigenvalue weighted by Gasteiger charge is 2.30. The first-order chi connectivity index (χ1) is 13.3. The van der Waals surface area contributed by atoms with Crippen molar-refractivity contribution in [3.05, 3.63) is 47.3 Å². The van der Waals surface area contributed by atoms with Crippen LogP contribution in [0.5, 0.6) is 0 Å². The molecule has 9 heteroatoms. The molecule has 0 unspecified atom stereocenters. The third kappa shape index (κ3) is 5.34. The van der Waals surface area contributed by atoms with Crippen LogP contribution < -0.4 is 15.5 Å². The number of aryl methyl sites for hydroxylation is 1. The largest absolute Gasteiger partial charge is 0.416 e. The van der Waals surface area contributed by atoms with E-state index < -0.39 is 17.8 Å². The number of alkyl halides is 3. The van der Waals surface area contributed by atoms with Crippen LogP contribution in [0.3, 0.4) is 0 Å². The van der Waals surface area contributed by atoms with Crippen LogP contribution >= 0.6 is 0 Å². The number of nitrogens with zero attached hydrogens (tertiary/aromatic N) is 3. The average molecular weight is 393 g/mol. The number of anilines is 2. The lowest BCUT2D eigenvalue weighted by atomic mass is 10.1. The molecular formula is C19H22F3N5O. The molecule has 0 bridgehead atoms. The molecule has 0 spiro atoms. The summed E-state index contributed by atoms with van der Waals surface area (Å²) in [6, 6.07) is 5.67. The average Bonchev–Trinajstić information content (AvgIpc) is 2.66. The number of piperidine rings is 1. The van der Waals surface area contributed by atoms with E-state index in [1.54, 1.807) is 6.07 Å². The van der Waals surface area contributed by atoms with E-state index in [9.17, 15) is 18.0 Å². The molecule has 0 radical (unpaired) electrons. The lowest BCUT2D eigenvalue weighted by Gasteiger charge is -2.27. The fourth-order valence-corrected chi connectivity index (χ4v) is 3.06. The maximum absolute atomic E-state index is 12.8. The number of carbonyl (C=O) groups excluding carboxylic acids is 1. The molecule has 2 aromatic rings. The van der Waals surface area contributed by atoms with Gasteiger partial charge in [-0.15, -0.1) is 0 Å². The van der Waals surface area contributed by atoms with Gasteiger partial charge in [0.25, 0.3) is 0 Å². The molecule has 1 aliphatic rings. The summed E-state index contributed by atoms with van der Waals surface area (Å²) in [7, 11) is 0. The molecular weight excluding hydrogens is 371 g/mol. The van der Waals surface area contributed by atoms with Crippen LogP contribution in [0.1, 0.15) is 36.2 Å². The van der Waals surface area contributed by atoms with Crippen LogP contribution in [0.4, 0.5) is 29.6 Å². The molecule has 6 nitrogen and oxygen atoms in total. The van der Waals surface area contributed by atoms with E-state index in [0.717, 1.165) is 43.8 Å². The van der Waals surface area contributed by atoms with Gasteiger partial charge < -0.3 is 15.5 Å². The summed E-state index contributed by atoms with van der Waals surface area (Å²) in [4.78, 5) is 23.2. The minimum absolute atomic E-state index is 0.0696. The molecule has 0 saturated carbocycles. The normalized spacial score (nSPS) is 14.6. The number of nitrogens with one attached hydrogen (secondary N) is 2. The Kier molecular flexibility index (Phi) is 6.01. The van der Waals surface area contributed by atoms with Gasteiger partial charge in [-0.05, 0) is 50.5 Å². The van der Waals surface area contributed by atoms with Crippen LogP contribution in [0.15, 0.2) is 30.3 Å². The molecule has 0 aliphatic carbocycles. The number of aromatic nitrogens is 2. The molecule has 2 heterocycles. The van der Waals surface area contributed by atoms with Gasteiger partial charge in [0.15, 0.2) is 0 Å². The first kappa shape index (κ1) is 19.9.